The monoisotopic (exact) mass is 474 g/mol. The first kappa shape index (κ1) is 23.0. The summed E-state index contributed by atoms with van der Waals surface area (Å²) in [6.07, 6.45) is 9.27. The summed E-state index contributed by atoms with van der Waals surface area (Å²) < 4.78 is 10.7. The SMILES string of the molecule is COc1cccnc1CNC(=O)c1coc(CCNCCc2nc3c4c(ccc3[nH]2)CCCC4)n1. The van der Waals surface area contributed by atoms with E-state index in [9.17, 15) is 4.79 Å². The lowest BCUT2D eigenvalue weighted by molar-refractivity contribution is 0.0945. The summed E-state index contributed by atoms with van der Waals surface area (Å²) in [7, 11) is 1.57. The van der Waals surface area contributed by atoms with E-state index in [0.717, 1.165) is 42.7 Å². The number of oxazole rings is 1. The molecule has 0 unspecified atom stereocenters. The standard InChI is InChI=1S/C26H30N6O3/c1-34-22-7-4-12-28-20(22)15-29-26(33)21-16-35-24(31-21)11-14-27-13-10-23-30-19-9-8-17-5-2-3-6-18(17)25(19)32-23/h4,7-9,12,16,27H,2-3,5-6,10-11,13-15H2,1H3,(H,29,33)(H,30,32). The van der Waals surface area contributed by atoms with Crippen LogP contribution in [0, 0.1) is 0 Å². The van der Waals surface area contributed by atoms with Gasteiger partial charge in [0.1, 0.15) is 23.5 Å². The maximum atomic E-state index is 12.4. The van der Waals surface area contributed by atoms with Gasteiger partial charge in [-0.25, -0.2) is 9.97 Å². The van der Waals surface area contributed by atoms with Crippen molar-refractivity contribution in [2.45, 2.75) is 45.1 Å². The van der Waals surface area contributed by atoms with Gasteiger partial charge in [0, 0.05) is 32.1 Å². The smallest absolute Gasteiger partial charge is 0.273 e. The van der Waals surface area contributed by atoms with Crippen LogP contribution in [0.5, 0.6) is 5.75 Å². The number of hydrogen-bond acceptors (Lipinski definition) is 7. The first-order valence-corrected chi connectivity index (χ1v) is 12.1. The van der Waals surface area contributed by atoms with Crippen molar-refractivity contribution in [3.8, 4) is 5.75 Å². The molecule has 3 N–H and O–H groups in total. The summed E-state index contributed by atoms with van der Waals surface area (Å²) in [5, 5.41) is 6.20. The fourth-order valence-electron chi connectivity index (χ4n) is 4.53. The summed E-state index contributed by atoms with van der Waals surface area (Å²) in [5.41, 5.74) is 6.06. The Bertz CT molecular complexity index is 1310. The molecule has 3 aromatic heterocycles. The van der Waals surface area contributed by atoms with Gasteiger partial charge >= 0.3 is 0 Å². The molecule has 4 aromatic rings. The number of carbonyl (C=O) groups excluding carboxylic acids is 1. The summed E-state index contributed by atoms with van der Waals surface area (Å²) in [6, 6.07) is 7.99. The number of nitrogens with one attached hydrogen (secondary N) is 3. The van der Waals surface area contributed by atoms with E-state index in [-0.39, 0.29) is 18.1 Å². The number of pyridine rings is 1. The van der Waals surface area contributed by atoms with Gasteiger partial charge in [-0.2, -0.15) is 0 Å². The van der Waals surface area contributed by atoms with Gasteiger partial charge in [-0.05, 0) is 55.0 Å². The molecule has 9 nitrogen and oxygen atoms in total. The van der Waals surface area contributed by atoms with Crippen LogP contribution in [0.3, 0.4) is 0 Å². The molecule has 5 rings (SSSR count). The van der Waals surface area contributed by atoms with Crippen molar-refractivity contribution >= 4 is 16.9 Å². The van der Waals surface area contributed by atoms with Gasteiger partial charge in [-0.15, -0.1) is 0 Å². The van der Waals surface area contributed by atoms with E-state index < -0.39 is 0 Å². The number of nitrogens with zero attached hydrogens (tertiary/aromatic N) is 3. The minimum atomic E-state index is -0.312. The Balaban J connectivity index is 1.06. The van der Waals surface area contributed by atoms with Crippen molar-refractivity contribution in [1.82, 2.24) is 30.6 Å². The second-order valence-electron chi connectivity index (χ2n) is 8.70. The Labute approximate surface area is 203 Å². The molecule has 0 fully saturated rings. The van der Waals surface area contributed by atoms with E-state index in [0.29, 0.717) is 30.3 Å². The zero-order valence-corrected chi connectivity index (χ0v) is 19.9. The lowest BCUT2D eigenvalue weighted by Crippen LogP contribution is -2.24. The van der Waals surface area contributed by atoms with Gasteiger partial charge in [0.15, 0.2) is 11.6 Å². The van der Waals surface area contributed by atoms with E-state index >= 15 is 0 Å². The highest BCUT2D eigenvalue weighted by atomic mass is 16.5. The molecule has 9 heteroatoms. The lowest BCUT2D eigenvalue weighted by Gasteiger charge is -2.15. The summed E-state index contributed by atoms with van der Waals surface area (Å²) >= 11 is 0. The highest BCUT2D eigenvalue weighted by molar-refractivity contribution is 5.91. The van der Waals surface area contributed by atoms with Gasteiger partial charge in [0.2, 0.25) is 0 Å². The molecule has 0 spiro atoms. The molecule has 0 aliphatic heterocycles. The van der Waals surface area contributed by atoms with E-state index in [1.54, 1.807) is 25.4 Å². The molecule has 0 saturated carbocycles. The lowest BCUT2D eigenvalue weighted by atomic mass is 9.91. The van der Waals surface area contributed by atoms with Crippen LogP contribution in [0.25, 0.3) is 11.0 Å². The topological polar surface area (TPSA) is 118 Å². The van der Waals surface area contributed by atoms with E-state index in [1.165, 1.54) is 30.2 Å². The van der Waals surface area contributed by atoms with Crippen molar-refractivity contribution in [3.63, 3.8) is 0 Å². The highest BCUT2D eigenvalue weighted by Crippen LogP contribution is 2.27. The Morgan fingerprint density at radius 3 is 2.94 bits per heavy atom. The maximum Gasteiger partial charge on any atom is 0.273 e. The molecule has 0 bridgehead atoms. The Hall–Kier alpha value is -3.72. The zero-order valence-electron chi connectivity index (χ0n) is 19.9. The van der Waals surface area contributed by atoms with E-state index in [4.69, 9.17) is 14.1 Å². The minimum Gasteiger partial charge on any atom is -0.495 e. The number of rotatable bonds is 10. The Morgan fingerprint density at radius 1 is 1.14 bits per heavy atom. The summed E-state index contributed by atoms with van der Waals surface area (Å²) in [6.45, 7) is 1.74. The predicted octanol–water partition coefficient (Wildman–Crippen LogP) is 3.14. The van der Waals surface area contributed by atoms with Crippen LogP contribution in [0.4, 0.5) is 0 Å². The molecular formula is C26H30N6O3. The molecule has 1 amide bonds. The number of imidazole rings is 1. The number of ether oxygens (including phenoxy) is 1. The van der Waals surface area contributed by atoms with Gasteiger partial charge < -0.3 is 24.8 Å². The van der Waals surface area contributed by atoms with Crippen LogP contribution in [0.1, 0.15) is 51.9 Å². The predicted molar refractivity (Wildman–Crippen MR) is 131 cm³/mol. The van der Waals surface area contributed by atoms with Gasteiger partial charge in [-0.1, -0.05) is 6.07 Å². The van der Waals surface area contributed by atoms with Gasteiger partial charge in [0.05, 0.1) is 24.7 Å². The van der Waals surface area contributed by atoms with Crippen LogP contribution in [-0.2, 0) is 32.2 Å². The van der Waals surface area contributed by atoms with Gasteiger partial charge in [0.25, 0.3) is 5.91 Å². The number of carbonyl (C=O) groups is 1. The van der Waals surface area contributed by atoms with Crippen LogP contribution in [0.2, 0.25) is 0 Å². The minimum absolute atomic E-state index is 0.247. The number of aromatic amines is 1. The van der Waals surface area contributed by atoms with Crippen molar-refractivity contribution in [3.05, 3.63) is 71.0 Å². The van der Waals surface area contributed by atoms with Crippen molar-refractivity contribution < 1.29 is 13.9 Å². The summed E-state index contributed by atoms with van der Waals surface area (Å²) in [5.74, 6) is 1.84. The normalized spacial score (nSPS) is 13.1. The van der Waals surface area contributed by atoms with Crippen LogP contribution in [-0.4, -0.2) is 46.0 Å². The number of H-pyrrole nitrogens is 1. The molecule has 1 aromatic carbocycles. The third-order valence-electron chi connectivity index (χ3n) is 6.35. The van der Waals surface area contributed by atoms with Crippen LogP contribution < -0.4 is 15.4 Å². The average Bonchev–Trinajstić information content (AvgIpc) is 3.54. The van der Waals surface area contributed by atoms with Gasteiger partial charge in [-0.3, -0.25) is 9.78 Å². The first-order valence-electron chi connectivity index (χ1n) is 12.1. The maximum absolute atomic E-state index is 12.4. The molecule has 182 valence electrons. The molecule has 1 aliphatic carbocycles. The fraction of sp³-hybridized carbons (Fsp3) is 0.385. The second kappa shape index (κ2) is 10.7. The summed E-state index contributed by atoms with van der Waals surface area (Å²) in [4.78, 5) is 29.3. The quantitative estimate of drug-likeness (QED) is 0.302. The number of amides is 1. The third-order valence-corrected chi connectivity index (χ3v) is 6.35. The van der Waals surface area contributed by atoms with Crippen molar-refractivity contribution in [1.29, 1.82) is 0 Å². The second-order valence-corrected chi connectivity index (χ2v) is 8.70. The van der Waals surface area contributed by atoms with E-state index in [2.05, 4.69) is 37.7 Å². The fourth-order valence-corrected chi connectivity index (χ4v) is 4.53. The average molecular weight is 475 g/mol. The molecular weight excluding hydrogens is 444 g/mol. The highest BCUT2D eigenvalue weighted by Gasteiger charge is 2.16. The number of aryl methyl sites for hydroxylation is 2. The zero-order chi connectivity index (χ0) is 24.0. The first-order chi connectivity index (χ1) is 17.2. The number of aromatic nitrogens is 4. The van der Waals surface area contributed by atoms with E-state index in [1.807, 2.05) is 0 Å². The molecule has 1 aliphatic rings. The number of methoxy groups -OCH3 is 1. The van der Waals surface area contributed by atoms with Crippen molar-refractivity contribution in [2.24, 2.45) is 0 Å². The molecule has 0 radical (unpaired) electrons. The Kier molecular flexibility index (Phi) is 7.04. The number of benzene rings is 1. The molecule has 35 heavy (non-hydrogen) atoms. The number of hydrogen-bond donors (Lipinski definition) is 3. The van der Waals surface area contributed by atoms with Crippen LogP contribution >= 0.6 is 0 Å². The molecule has 0 saturated heterocycles. The molecule has 3 heterocycles. The number of fused-ring (bicyclic) bond motifs is 3. The van der Waals surface area contributed by atoms with Crippen molar-refractivity contribution in [2.75, 3.05) is 20.2 Å². The largest absolute Gasteiger partial charge is 0.495 e. The van der Waals surface area contributed by atoms with Crippen LogP contribution in [0.15, 0.2) is 41.1 Å². The third kappa shape index (κ3) is 5.35. The molecule has 0 atom stereocenters. The Morgan fingerprint density at radius 2 is 2.03 bits per heavy atom.